The summed E-state index contributed by atoms with van der Waals surface area (Å²) in [6.45, 7) is 0.0120. The van der Waals surface area contributed by atoms with E-state index in [4.69, 9.17) is 51.4 Å². The van der Waals surface area contributed by atoms with Crippen molar-refractivity contribution < 1.29 is 13.6 Å². The normalized spacial score (nSPS) is 14.5. The molecule has 0 aliphatic carbocycles. The number of rotatable bonds is 5. The summed E-state index contributed by atoms with van der Waals surface area (Å²) in [7, 11) is 0. The molecule has 0 saturated carbocycles. The van der Waals surface area contributed by atoms with Gasteiger partial charge in [0.1, 0.15) is 5.52 Å². The minimum absolute atomic E-state index is 0.365. The highest BCUT2D eigenvalue weighted by molar-refractivity contribution is 6.42. The Balaban J connectivity index is 1.90. The first-order chi connectivity index (χ1) is 14.8. The number of imidazole rings is 1. The van der Waals surface area contributed by atoms with Crippen molar-refractivity contribution in [2.24, 2.45) is 0 Å². The van der Waals surface area contributed by atoms with E-state index in [0.29, 0.717) is 67.1 Å². The number of nitrogens with zero attached hydrogens (tertiary/aromatic N) is 3. The van der Waals surface area contributed by atoms with Gasteiger partial charge in [0.05, 0.1) is 32.0 Å². The first-order valence-electron chi connectivity index (χ1n) is 9.29. The minimum atomic E-state index is -2.97. The molecule has 4 rings (SSSR count). The van der Waals surface area contributed by atoms with Crippen molar-refractivity contribution in [3.05, 3.63) is 56.0 Å². The van der Waals surface area contributed by atoms with Crippen LogP contribution in [0.25, 0.3) is 16.7 Å². The molecular formula is C20H16Cl4F2N4O. The second-order valence-electron chi connectivity index (χ2n) is 6.76. The van der Waals surface area contributed by atoms with Gasteiger partial charge in [-0.05, 0) is 37.6 Å². The molecule has 0 radical (unpaired) electrons. The minimum Gasteiger partial charge on any atom is -0.309 e. The van der Waals surface area contributed by atoms with E-state index in [9.17, 15) is 8.78 Å². The molecule has 0 fully saturated rings. The summed E-state index contributed by atoms with van der Waals surface area (Å²) in [5.74, 6) is 0.590. The highest BCUT2D eigenvalue weighted by Crippen LogP contribution is 2.43. The monoisotopic (exact) mass is 506 g/mol. The van der Waals surface area contributed by atoms with Gasteiger partial charge < -0.3 is 9.47 Å². The number of allylic oxidation sites excluding steroid dienone is 1. The molecular weight excluding hydrogens is 492 g/mol. The molecule has 0 spiro atoms. The van der Waals surface area contributed by atoms with Crippen LogP contribution in [0.4, 0.5) is 20.4 Å². The predicted molar refractivity (Wildman–Crippen MR) is 122 cm³/mol. The summed E-state index contributed by atoms with van der Waals surface area (Å²) in [6, 6.07) is 6.64. The number of halogens is 6. The lowest BCUT2D eigenvalue weighted by Gasteiger charge is -2.31. The Kier molecular flexibility index (Phi) is 6.51. The van der Waals surface area contributed by atoms with Gasteiger partial charge in [-0.3, -0.25) is 5.48 Å². The van der Waals surface area contributed by atoms with Crippen molar-refractivity contribution in [3.8, 4) is 0 Å². The number of hydrogen-bond acceptors (Lipinski definition) is 4. The zero-order valence-corrected chi connectivity index (χ0v) is 19.1. The van der Waals surface area contributed by atoms with E-state index in [-0.39, 0.29) is 0 Å². The topological polar surface area (TPSA) is 42.3 Å². The number of hydrogen-bond donors (Lipinski definition) is 1. The molecule has 11 heteroatoms. The van der Waals surface area contributed by atoms with Crippen LogP contribution in [0.2, 0.25) is 20.1 Å². The zero-order valence-electron chi connectivity index (χ0n) is 16.1. The van der Waals surface area contributed by atoms with E-state index >= 15 is 0 Å². The van der Waals surface area contributed by atoms with Gasteiger partial charge in [0.2, 0.25) is 5.95 Å². The smallest absolute Gasteiger partial charge is 0.309 e. The Morgan fingerprint density at radius 3 is 2.48 bits per heavy atom. The molecule has 1 aliphatic rings. The molecule has 3 aromatic rings. The molecule has 164 valence electrons. The van der Waals surface area contributed by atoms with E-state index in [2.05, 4.69) is 10.3 Å². The number of fused-ring (bicyclic) bond motifs is 3. The van der Waals surface area contributed by atoms with E-state index in [0.717, 1.165) is 6.42 Å². The molecule has 0 unspecified atom stereocenters. The van der Waals surface area contributed by atoms with E-state index in [1.54, 1.807) is 37.3 Å². The highest BCUT2D eigenvalue weighted by atomic mass is 35.5. The SMILES string of the molecule is CC=C(NOC(F)F)c1ccc(Cl)c2nc3n(c12)CCCN3c1c(Cl)cc(Cl)cc1Cl. The van der Waals surface area contributed by atoms with Crippen LogP contribution in [-0.2, 0) is 11.4 Å². The molecule has 1 N–H and O–H groups in total. The van der Waals surface area contributed by atoms with E-state index in [1.807, 2.05) is 9.47 Å². The first-order valence-corrected chi connectivity index (χ1v) is 10.8. The number of nitrogens with one attached hydrogen (secondary N) is 1. The van der Waals surface area contributed by atoms with Crippen LogP contribution in [0.1, 0.15) is 18.9 Å². The summed E-state index contributed by atoms with van der Waals surface area (Å²) < 4.78 is 27.1. The third-order valence-corrected chi connectivity index (χ3v) is 6.02. The molecule has 2 aromatic carbocycles. The highest BCUT2D eigenvalue weighted by Gasteiger charge is 2.28. The van der Waals surface area contributed by atoms with Crippen molar-refractivity contribution in [1.82, 2.24) is 15.0 Å². The number of hydroxylamine groups is 1. The fourth-order valence-electron chi connectivity index (χ4n) is 3.70. The molecule has 1 aliphatic heterocycles. The molecule has 2 heterocycles. The molecule has 0 amide bonds. The van der Waals surface area contributed by atoms with Crippen molar-refractivity contribution in [2.45, 2.75) is 26.5 Å². The van der Waals surface area contributed by atoms with E-state index in [1.165, 1.54) is 0 Å². The molecule has 0 atom stereocenters. The van der Waals surface area contributed by atoms with E-state index < -0.39 is 6.61 Å². The molecule has 31 heavy (non-hydrogen) atoms. The zero-order chi connectivity index (χ0) is 22.3. The third-order valence-electron chi connectivity index (χ3n) is 4.92. The molecule has 5 nitrogen and oxygen atoms in total. The van der Waals surface area contributed by atoms with Gasteiger partial charge in [-0.15, -0.1) is 0 Å². The van der Waals surface area contributed by atoms with Crippen molar-refractivity contribution in [2.75, 3.05) is 11.4 Å². The van der Waals surface area contributed by atoms with Gasteiger partial charge in [-0.25, -0.2) is 9.82 Å². The second kappa shape index (κ2) is 9.00. The first kappa shape index (κ1) is 22.4. The summed E-state index contributed by atoms with van der Waals surface area (Å²) in [4.78, 5) is 11.0. The van der Waals surface area contributed by atoms with Crippen LogP contribution in [0.5, 0.6) is 0 Å². The lowest BCUT2D eigenvalue weighted by molar-refractivity contribution is -0.157. The van der Waals surface area contributed by atoms with Crippen LogP contribution in [0, 0.1) is 0 Å². The Morgan fingerprint density at radius 2 is 1.84 bits per heavy atom. The van der Waals surface area contributed by atoms with Crippen molar-refractivity contribution in [3.63, 3.8) is 0 Å². The molecule has 1 aromatic heterocycles. The van der Waals surface area contributed by atoms with Gasteiger partial charge >= 0.3 is 6.61 Å². The van der Waals surface area contributed by atoms with Crippen LogP contribution < -0.4 is 10.4 Å². The maximum Gasteiger partial charge on any atom is 0.364 e. The molecule has 0 bridgehead atoms. The predicted octanol–water partition coefficient (Wildman–Crippen LogP) is 7.30. The summed E-state index contributed by atoms with van der Waals surface area (Å²) >= 11 is 25.4. The quantitative estimate of drug-likeness (QED) is 0.368. The fourth-order valence-corrected chi connectivity index (χ4v) is 4.91. The maximum absolute atomic E-state index is 12.6. The second-order valence-corrected chi connectivity index (χ2v) is 8.42. The third kappa shape index (κ3) is 4.17. The van der Waals surface area contributed by atoms with Gasteiger partial charge in [-0.1, -0.05) is 52.5 Å². The van der Waals surface area contributed by atoms with Gasteiger partial charge in [0.25, 0.3) is 0 Å². The molecule has 0 saturated heterocycles. The van der Waals surface area contributed by atoms with Crippen LogP contribution in [-0.4, -0.2) is 22.7 Å². The average Bonchev–Trinajstić information content (AvgIpc) is 3.10. The van der Waals surface area contributed by atoms with Crippen LogP contribution in [0.3, 0.4) is 0 Å². The van der Waals surface area contributed by atoms with Gasteiger partial charge in [0.15, 0.2) is 0 Å². The van der Waals surface area contributed by atoms with Gasteiger partial charge in [0, 0.05) is 23.7 Å². The Labute approximate surface area is 197 Å². The average molecular weight is 508 g/mol. The summed E-state index contributed by atoms with van der Waals surface area (Å²) in [5, 5.41) is 1.65. The summed E-state index contributed by atoms with van der Waals surface area (Å²) in [5.41, 5.74) is 5.11. The van der Waals surface area contributed by atoms with Crippen molar-refractivity contribution >= 4 is 74.8 Å². The number of aryl methyl sites for hydroxylation is 1. The summed E-state index contributed by atoms with van der Waals surface area (Å²) in [6.07, 6.45) is 2.41. The lowest BCUT2D eigenvalue weighted by atomic mass is 10.1. The Hall–Kier alpha value is -1.77. The van der Waals surface area contributed by atoms with Crippen LogP contribution >= 0.6 is 46.4 Å². The van der Waals surface area contributed by atoms with Crippen molar-refractivity contribution in [1.29, 1.82) is 0 Å². The lowest BCUT2D eigenvalue weighted by Crippen LogP contribution is -2.29. The Bertz CT molecular complexity index is 1160. The van der Waals surface area contributed by atoms with Gasteiger partial charge in [-0.2, -0.15) is 8.78 Å². The Morgan fingerprint density at radius 1 is 1.13 bits per heavy atom. The maximum atomic E-state index is 12.6. The number of alkyl halides is 2. The largest absolute Gasteiger partial charge is 0.364 e. The van der Waals surface area contributed by atoms with Crippen LogP contribution in [0.15, 0.2) is 30.3 Å². The number of benzene rings is 2. The number of aromatic nitrogens is 2. The standard InChI is InChI=1S/C20H16Cl4F2N4O/c1-2-15(28-31-19(25)26)11-4-5-12(22)16-17(11)29-6-3-7-30(20(29)27-16)18-13(23)8-10(21)9-14(18)24/h2,4-5,8-9,19,28H,3,6-7H2,1H3. The number of anilines is 2. The fraction of sp³-hybridized carbons (Fsp3) is 0.250.